The molecule has 3 rings (SSSR count). The predicted octanol–water partition coefficient (Wildman–Crippen LogP) is 5.21. The van der Waals surface area contributed by atoms with Gasteiger partial charge in [-0.2, -0.15) is 13.2 Å². The van der Waals surface area contributed by atoms with E-state index in [0.717, 1.165) is 24.3 Å². The number of benzene rings is 2. The molecule has 1 amide bonds. The van der Waals surface area contributed by atoms with Gasteiger partial charge < -0.3 is 9.47 Å². The fourth-order valence-electron chi connectivity index (χ4n) is 2.71. The summed E-state index contributed by atoms with van der Waals surface area (Å²) in [5.74, 6) is -0.577. The number of alkyl halides is 3. The lowest BCUT2D eigenvalue weighted by Crippen LogP contribution is -2.23. The van der Waals surface area contributed by atoms with Crippen LogP contribution in [0.3, 0.4) is 0 Å². The van der Waals surface area contributed by atoms with E-state index in [-0.39, 0.29) is 18.1 Å². The Hall–Kier alpha value is -3.40. The van der Waals surface area contributed by atoms with Crippen LogP contribution in [-0.4, -0.2) is 24.0 Å². The molecule has 1 aromatic heterocycles. The number of methoxy groups -OCH3 is 1. The molecule has 0 aliphatic carbocycles. The number of thiazole rings is 1. The molecule has 0 unspecified atom stereocenters. The highest BCUT2D eigenvalue weighted by molar-refractivity contribution is 7.14. The third kappa shape index (κ3) is 5.21. The molecule has 0 saturated heterocycles. The van der Waals surface area contributed by atoms with E-state index in [4.69, 9.17) is 9.47 Å². The maximum atomic E-state index is 12.6. The first-order valence-electron chi connectivity index (χ1n) is 8.93. The van der Waals surface area contributed by atoms with Crippen LogP contribution in [-0.2, 0) is 22.3 Å². The Morgan fingerprint density at radius 2 is 1.77 bits per heavy atom. The first-order chi connectivity index (χ1) is 14.7. The highest BCUT2D eigenvalue weighted by Crippen LogP contribution is 2.35. The van der Waals surface area contributed by atoms with Crippen molar-refractivity contribution in [3.8, 4) is 5.75 Å². The fraction of sp³-hybridized carbons (Fsp3) is 0.190. The number of amides is 1. The van der Waals surface area contributed by atoms with E-state index in [9.17, 15) is 22.8 Å². The maximum Gasteiger partial charge on any atom is 0.416 e. The molecule has 10 heteroatoms. The highest BCUT2D eigenvalue weighted by atomic mass is 32.1. The van der Waals surface area contributed by atoms with Crippen molar-refractivity contribution in [2.75, 3.05) is 12.0 Å². The van der Waals surface area contributed by atoms with Gasteiger partial charge in [0, 0.05) is 12.3 Å². The van der Waals surface area contributed by atoms with E-state index < -0.39 is 17.7 Å². The Balaban J connectivity index is 1.71. The number of halogens is 3. The molecule has 1 heterocycles. The number of ether oxygens (including phenoxy) is 2. The van der Waals surface area contributed by atoms with E-state index in [2.05, 4.69) is 4.98 Å². The van der Waals surface area contributed by atoms with E-state index in [1.165, 1.54) is 30.3 Å². The number of aromatic nitrogens is 1. The van der Waals surface area contributed by atoms with Crippen molar-refractivity contribution in [1.82, 2.24) is 4.98 Å². The van der Waals surface area contributed by atoms with Crippen molar-refractivity contribution in [2.45, 2.75) is 19.7 Å². The summed E-state index contributed by atoms with van der Waals surface area (Å²) in [7, 11) is 1.49. The molecule has 31 heavy (non-hydrogen) atoms. The Morgan fingerprint density at radius 3 is 2.39 bits per heavy atom. The predicted molar refractivity (Wildman–Crippen MR) is 108 cm³/mol. The van der Waals surface area contributed by atoms with Crippen molar-refractivity contribution in [1.29, 1.82) is 0 Å². The number of anilines is 2. The molecule has 0 saturated carbocycles. The van der Waals surface area contributed by atoms with Gasteiger partial charge in [-0.05, 0) is 36.4 Å². The van der Waals surface area contributed by atoms with Crippen LogP contribution in [0.5, 0.6) is 5.75 Å². The maximum absolute atomic E-state index is 12.6. The van der Waals surface area contributed by atoms with Gasteiger partial charge in [0.25, 0.3) is 0 Å². The Bertz CT molecular complexity index is 1080. The largest absolute Gasteiger partial charge is 0.495 e. The first kappa shape index (κ1) is 22.3. The summed E-state index contributed by atoms with van der Waals surface area (Å²) >= 11 is 1.17. The van der Waals surface area contributed by atoms with Crippen LogP contribution in [0.25, 0.3) is 0 Å². The number of hydrogen-bond donors (Lipinski definition) is 0. The smallest absolute Gasteiger partial charge is 0.416 e. The summed E-state index contributed by atoms with van der Waals surface area (Å²) in [6.45, 7) is 1.19. The minimum Gasteiger partial charge on any atom is -0.495 e. The third-order valence-corrected chi connectivity index (χ3v) is 5.05. The molecule has 2 aromatic carbocycles. The van der Waals surface area contributed by atoms with Crippen LogP contribution in [0.15, 0.2) is 53.9 Å². The second-order valence-corrected chi connectivity index (χ2v) is 7.14. The van der Waals surface area contributed by atoms with Crippen molar-refractivity contribution in [3.05, 3.63) is 70.7 Å². The molecule has 0 radical (unpaired) electrons. The first-order valence-corrected chi connectivity index (χ1v) is 9.81. The van der Waals surface area contributed by atoms with Crippen LogP contribution in [0.1, 0.15) is 28.5 Å². The molecular formula is C21H17F3N2O4S. The Kier molecular flexibility index (Phi) is 6.59. The van der Waals surface area contributed by atoms with Crippen LogP contribution in [0, 0.1) is 0 Å². The average Bonchev–Trinajstić information content (AvgIpc) is 3.20. The van der Waals surface area contributed by atoms with Crippen LogP contribution >= 0.6 is 11.3 Å². The number of carbonyl (C=O) groups is 2. The van der Waals surface area contributed by atoms with Gasteiger partial charge in [-0.25, -0.2) is 9.78 Å². The van der Waals surface area contributed by atoms with E-state index in [1.807, 2.05) is 0 Å². The summed E-state index contributed by atoms with van der Waals surface area (Å²) in [4.78, 5) is 30.1. The molecule has 0 fully saturated rings. The monoisotopic (exact) mass is 450 g/mol. The van der Waals surface area contributed by atoms with Gasteiger partial charge >= 0.3 is 12.1 Å². The van der Waals surface area contributed by atoms with Crippen molar-refractivity contribution >= 4 is 34.0 Å². The Morgan fingerprint density at radius 1 is 1.10 bits per heavy atom. The normalized spacial score (nSPS) is 11.1. The molecular weight excluding hydrogens is 433 g/mol. The number of hydrogen-bond acceptors (Lipinski definition) is 6. The summed E-state index contributed by atoms with van der Waals surface area (Å²) in [6.07, 6.45) is -4.48. The third-order valence-electron chi connectivity index (χ3n) is 4.17. The topological polar surface area (TPSA) is 68.7 Å². The van der Waals surface area contributed by atoms with Gasteiger partial charge in [0.2, 0.25) is 5.91 Å². The summed E-state index contributed by atoms with van der Waals surface area (Å²) in [5.41, 5.74) is 0.0400. The Labute approximate surface area is 179 Å². The van der Waals surface area contributed by atoms with Crippen molar-refractivity contribution in [3.63, 3.8) is 0 Å². The molecule has 0 aliphatic heterocycles. The van der Waals surface area contributed by atoms with Gasteiger partial charge in [-0.1, -0.05) is 12.1 Å². The average molecular weight is 450 g/mol. The second kappa shape index (κ2) is 9.17. The number of esters is 1. The number of rotatable bonds is 6. The molecule has 0 N–H and O–H groups in total. The standard InChI is InChI=1S/C21H17F3N2O4S/c1-13(27)26(17-5-3-4-6-18(17)29-2)20-25-16(12-31-20)11-30-19(28)14-7-9-15(10-8-14)21(22,23)24/h3-10,12H,11H2,1-2H3. The number of nitrogens with zero attached hydrogens (tertiary/aromatic N) is 2. The molecule has 3 aromatic rings. The SMILES string of the molecule is COc1ccccc1N(C(C)=O)c1nc(COC(=O)c2ccc(C(F)(F)F)cc2)cs1. The molecule has 0 aliphatic rings. The molecule has 162 valence electrons. The minimum atomic E-state index is -4.48. The van der Waals surface area contributed by atoms with Gasteiger partial charge in [-0.3, -0.25) is 9.69 Å². The zero-order chi connectivity index (χ0) is 22.6. The summed E-state index contributed by atoms with van der Waals surface area (Å²) < 4.78 is 48.3. The van der Waals surface area contributed by atoms with Gasteiger partial charge in [0.05, 0.1) is 29.6 Å². The van der Waals surface area contributed by atoms with Crippen molar-refractivity contribution < 1.29 is 32.2 Å². The fourth-order valence-corrected chi connectivity index (χ4v) is 3.57. The van der Waals surface area contributed by atoms with Crippen molar-refractivity contribution in [2.24, 2.45) is 0 Å². The zero-order valence-corrected chi connectivity index (χ0v) is 17.3. The summed E-state index contributed by atoms with van der Waals surface area (Å²) in [5, 5.41) is 1.98. The zero-order valence-electron chi connectivity index (χ0n) is 16.5. The molecule has 0 atom stereocenters. The number of para-hydroxylation sites is 2. The minimum absolute atomic E-state index is 0.0113. The van der Waals surface area contributed by atoms with Crippen LogP contribution in [0.4, 0.5) is 24.0 Å². The van der Waals surface area contributed by atoms with E-state index in [1.54, 1.807) is 29.6 Å². The quantitative estimate of drug-likeness (QED) is 0.482. The van der Waals surface area contributed by atoms with Gasteiger partial charge in [-0.15, -0.1) is 11.3 Å². The molecule has 6 nitrogen and oxygen atoms in total. The van der Waals surface area contributed by atoms with Gasteiger partial charge in [0.1, 0.15) is 12.4 Å². The van der Waals surface area contributed by atoms with E-state index in [0.29, 0.717) is 22.3 Å². The van der Waals surface area contributed by atoms with Gasteiger partial charge in [0.15, 0.2) is 5.13 Å². The van der Waals surface area contributed by atoms with E-state index >= 15 is 0 Å². The summed E-state index contributed by atoms with van der Waals surface area (Å²) in [6, 6.07) is 10.7. The molecule has 0 bridgehead atoms. The lowest BCUT2D eigenvalue weighted by atomic mass is 10.1. The highest BCUT2D eigenvalue weighted by Gasteiger charge is 2.30. The lowest BCUT2D eigenvalue weighted by Gasteiger charge is -2.20. The molecule has 0 spiro atoms. The second-order valence-electron chi connectivity index (χ2n) is 6.30. The number of carbonyl (C=O) groups excluding carboxylic acids is 2. The van der Waals surface area contributed by atoms with Crippen LogP contribution in [0.2, 0.25) is 0 Å². The lowest BCUT2D eigenvalue weighted by molar-refractivity contribution is -0.137. The van der Waals surface area contributed by atoms with Crippen LogP contribution < -0.4 is 9.64 Å².